The maximum atomic E-state index is 3.34. The van der Waals surface area contributed by atoms with E-state index in [0.29, 0.717) is 5.92 Å². The van der Waals surface area contributed by atoms with Crippen molar-refractivity contribution in [2.75, 3.05) is 12.4 Å². The van der Waals surface area contributed by atoms with E-state index in [1.54, 1.807) is 0 Å². The van der Waals surface area contributed by atoms with Crippen LogP contribution in [0.5, 0.6) is 0 Å². The predicted molar refractivity (Wildman–Crippen MR) is 66.3 cm³/mol. The van der Waals surface area contributed by atoms with E-state index in [9.17, 15) is 0 Å². The summed E-state index contributed by atoms with van der Waals surface area (Å²) in [5.41, 5.74) is 5.61. The zero-order chi connectivity index (χ0) is 10.7. The molecule has 1 heteroatoms. The lowest BCUT2D eigenvalue weighted by atomic mass is 9.93. The Morgan fingerprint density at radius 2 is 2.00 bits per heavy atom. The van der Waals surface area contributed by atoms with E-state index < -0.39 is 0 Å². The Morgan fingerprint density at radius 1 is 1.36 bits per heavy atom. The van der Waals surface area contributed by atoms with Crippen molar-refractivity contribution in [3.8, 4) is 0 Å². The van der Waals surface area contributed by atoms with Gasteiger partial charge in [0.05, 0.1) is 0 Å². The molecule has 0 saturated heterocycles. The van der Waals surface area contributed by atoms with Gasteiger partial charge in [-0.1, -0.05) is 32.9 Å². The lowest BCUT2D eigenvalue weighted by Gasteiger charge is -2.18. The molecule has 0 saturated carbocycles. The summed E-state index contributed by atoms with van der Waals surface area (Å²) in [4.78, 5) is 0. The molecule has 0 aromatic heterocycles. The Labute approximate surface area is 89.0 Å². The van der Waals surface area contributed by atoms with Crippen molar-refractivity contribution < 1.29 is 1.43 Å². The number of hydrogen-bond donors (Lipinski definition) is 1. The average molecular weight is 193 g/mol. The van der Waals surface area contributed by atoms with Crippen LogP contribution in [0.15, 0.2) is 12.1 Å². The van der Waals surface area contributed by atoms with Gasteiger partial charge in [-0.15, -0.1) is 0 Å². The maximum Gasteiger partial charge on any atom is 0.0407 e. The zero-order valence-electron chi connectivity index (χ0n) is 9.94. The molecule has 0 aliphatic heterocycles. The molecule has 1 nitrogen and oxygen atoms in total. The molecule has 1 rings (SSSR count). The van der Waals surface area contributed by atoms with Crippen LogP contribution in [0.4, 0.5) is 5.69 Å². The van der Waals surface area contributed by atoms with Crippen LogP contribution in [-0.2, 0) is 6.42 Å². The van der Waals surface area contributed by atoms with Crippen molar-refractivity contribution in [3.63, 3.8) is 0 Å². The number of rotatable bonds is 3. The summed E-state index contributed by atoms with van der Waals surface area (Å²) in [6, 6.07) is 4.47. The molecule has 0 radical (unpaired) electrons. The van der Waals surface area contributed by atoms with Gasteiger partial charge in [-0.3, -0.25) is 0 Å². The van der Waals surface area contributed by atoms with Gasteiger partial charge in [0.25, 0.3) is 0 Å². The first-order valence-corrected chi connectivity index (χ1v) is 5.41. The Hall–Kier alpha value is -0.980. The minimum atomic E-state index is 0. The molecule has 0 fully saturated rings. The van der Waals surface area contributed by atoms with Crippen molar-refractivity contribution >= 4 is 5.69 Å². The Morgan fingerprint density at radius 3 is 2.43 bits per heavy atom. The van der Waals surface area contributed by atoms with Gasteiger partial charge in [-0.2, -0.15) is 0 Å². The summed E-state index contributed by atoms with van der Waals surface area (Å²) in [5, 5.41) is 3.34. The molecule has 0 atom stereocenters. The van der Waals surface area contributed by atoms with Gasteiger partial charge in [0, 0.05) is 14.2 Å². The highest BCUT2D eigenvalue weighted by Crippen LogP contribution is 2.30. The molecular weight excluding hydrogens is 170 g/mol. The maximum absolute atomic E-state index is 3.34. The van der Waals surface area contributed by atoms with E-state index in [-0.39, 0.29) is 1.43 Å². The summed E-state index contributed by atoms with van der Waals surface area (Å²) in [6.07, 6.45) is 1.10. The molecule has 0 spiro atoms. The second-order valence-corrected chi connectivity index (χ2v) is 4.08. The van der Waals surface area contributed by atoms with Gasteiger partial charge in [0.2, 0.25) is 0 Å². The first-order chi connectivity index (χ1) is 6.61. The monoisotopic (exact) mass is 193 g/mol. The van der Waals surface area contributed by atoms with Crippen LogP contribution in [0.1, 0.15) is 44.8 Å². The van der Waals surface area contributed by atoms with Crippen molar-refractivity contribution in [2.45, 2.75) is 40.0 Å². The molecule has 1 aromatic carbocycles. The standard InChI is InChI=1S/C13H21N.H2/c1-6-11-10(4)7-8-12(9(2)3)13(11)14-5;/h7-9,14H,6H2,1-5H3;1H. The largest absolute Gasteiger partial charge is 0.388 e. The van der Waals surface area contributed by atoms with Crippen molar-refractivity contribution in [1.29, 1.82) is 0 Å². The molecule has 1 N–H and O–H groups in total. The van der Waals surface area contributed by atoms with Gasteiger partial charge in [-0.05, 0) is 36.0 Å². The zero-order valence-corrected chi connectivity index (χ0v) is 9.94. The Kier molecular flexibility index (Phi) is 3.56. The fourth-order valence-electron chi connectivity index (χ4n) is 2.00. The van der Waals surface area contributed by atoms with Crippen LogP contribution in [0.3, 0.4) is 0 Å². The lowest BCUT2D eigenvalue weighted by molar-refractivity contribution is 0.863. The van der Waals surface area contributed by atoms with Crippen LogP contribution >= 0.6 is 0 Å². The first-order valence-electron chi connectivity index (χ1n) is 5.41. The molecule has 1 aromatic rings. The van der Waals surface area contributed by atoms with Gasteiger partial charge >= 0.3 is 0 Å². The van der Waals surface area contributed by atoms with Gasteiger partial charge in [0.15, 0.2) is 0 Å². The van der Waals surface area contributed by atoms with Gasteiger partial charge in [-0.25, -0.2) is 0 Å². The van der Waals surface area contributed by atoms with Crippen LogP contribution in [0.2, 0.25) is 0 Å². The fourth-order valence-corrected chi connectivity index (χ4v) is 2.00. The van der Waals surface area contributed by atoms with E-state index in [1.807, 2.05) is 7.05 Å². The number of anilines is 1. The SMILES string of the molecule is CCc1c(C)ccc(C(C)C)c1NC.[HH]. The molecule has 0 heterocycles. The third-order valence-corrected chi connectivity index (χ3v) is 2.80. The molecule has 0 amide bonds. The predicted octanol–water partition coefficient (Wildman–Crippen LogP) is 3.97. The number of nitrogens with one attached hydrogen (secondary N) is 1. The second-order valence-electron chi connectivity index (χ2n) is 4.08. The number of hydrogen-bond acceptors (Lipinski definition) is 1. The summed E-state index contributed by atoms with van der Waals surface area (Å²) < 4.78 is 0. The topological polar surface area (TPSA) is 12.0 Å². The minimum Gasteiger partial charge on any atom is -0.388 e. The molecule has 14 heavy (non-hydrogen) atoms. The van der Waals surface area contributed by atoms with Gasteiger partial charge < -0.3 is 5.32 Å². The van der Waals surface area contributed by atoms with Crippen molar-refractivity contribution in [1.82, 2.24) is 0 Å². The molecule has 0 aliphatic rings. The first kappa shape index (κ1) is 11.1. The summed E-state index contributed by atoms with van der Waals surface area (Å²) in [7, 11) is 2.01. The summed E-state index contributed by atoms with van der Waals surface area (Å²) in [6.45, 7) is 8.88. The summed E-state index contributed by atoms with van der Waals surface area (Å²) >= 11 is 0. The van der Waals surface area contributed by atoms with E-state index in [1.165, 1.54) is 22.4 Å². The normalized spacial score (nSPS) is 10.7. The lowest BCUT2D eigenvalue weighted by Crippen LogP contribution is -2.03. The van der Waals surface area contributed by atoms with Crippen LogP contribution < -0.4 is 5.32 Å². The average Bonchev–Trinajstić information content (AvgIpc) is 2.16. The molecule has 0 aliphatic carbocycles. The molecule has 0 bridgehead atoms. The second kappa shape index (κ2) is 4.50. The van der Waals surface area contributed by atoms with Gasteiger partial charge in [0.1, 0.15) is 0 Å². The third kappa shape index (κ3) is 1.92. The van der Waals surface area contributed by atoms with E-state index >= 15 is 0 Å². The van der Waals surface area contributed by atoms with Crippen LogP contribution in [0, 0.1) is 6.92 Å². The van der Waals surface area contributed by atoms with E-state index in [2.05, 4.69) is 45.1 Å². The van der Waals surface area contributed by atoms with Crippen LogP contribution in [-0.4, -0.2) is 7.05 Å². The Balaban J connectivity index is 0.00000196. The Bertz CT molecular complexity index is 319. The summed E-state index contributed by atoms with van der Waals surface area (Å²) in [5.74, 6) is 0.586. The smallest absolute Gasteiger partial charge is 0.0407 e. The molecule has 80 valence electrons. The third-order valence-electron chi connectivity index (χ3n) is 2.80. The highest BCUT2D eigenvalue weighted by atomic mass is 14.8. The quantitative estimate of drug-likeness (QED) is 0.766. The highest BCUT2D eigenvalue weighted by molar-refractivity contribution is 5.61. The minimum absolute atomic E-state index is 0. The molecular formula is C13H23N. The van der Waals surface area contributed by atoms with Crippen molar-refractivity contribution in [2.24, 2.45) is 0 Å². The number of aryl methyl sites for hydroxylation is 1. The molecule has 0 unspecified atom stereocenters. The number of benzene rings is 1. The fraction of sp³-hybridized carbons (Fsp3) is 0.538. The van der Waals surface area contributed by atoms with E-state index in [0.717, 1.165) is 6.42 Å². The van der Waals surface area contributed by atoms with Crippen molar-refractivity contribution in [3.05, 3.63) is 28.8 Å². The van der Waals surface area contributed by atoms with E-state index in [4.69, 9.17) is 0 Å². The van der Waals surface area contributed by atoms with Crippen LogP contribution in [0.25, 0.3) is 0 Å². The highest BCUT2D eigenvalue weighted by Gasteiger charge is 2.10.